The molecule has 0 aromatic heterocycles. The predicted octanol–water partition coefficient (Wildman–Crippen LogP) is 2.59. The molecule has 1 aromatic carbocycles. The number of carbonyl (C=O) groups excluding carboxylic acids is 2. The van der Waals surface area contributed by atoms with Crippen molar-refractivity contribution in [1.82, 2.24) is 5.32 Å². The number of ether oxygens (including phenoxy) is 3. The minimum Gasteiger partial charge on any atom is -0.493 e. The molecule has 0 bridgehead atoms. The third kappa shape index (κ3) is 5.01. The highest BCUT2D eigenvalue weighted by atomic mass is 16.5. The normalized spacial score (nSPS) is 10.8. The van der Waals surface area contributed by atoms with E-state index in [1.54, 1.807) is 26.0 Å². The lowest BCUT2D eigenvalue weighted by atomic mass is 9.91. The lowest BCUT2D eigenvalue weighted by molar-refractivity contribution is -0.138. The SMILES string of the molecule is CCCCNC(=O)C(C)(C)C(=O)Nc1cc(OC)c(OC)c(OC)c1. The highest BCUT2D eigenvalue weighted by Gasteiger charge is 2.36. The second-order valence-corrected chi connectivity index (χ2v) is 6.10. The Hall–Kier alpha value is -2.44. The molecule has 7 heteroatoms. The molecule has 0 atom stereocenters. The number of nitrogens with one attached hydrogen (secondary N) is 2. The van der Waals surface area contributed by atoms with E-state index in [0.29, 0.717) is 29.5 Å². The number of rotatable bonds is 9. The van der Waals surface area contributed by atoms with E-state index in [-0.39, 0.29) is 5.91 Å². The lowest BCUT2D eigenvalue weighted by Crippen LogP contribution is -2.45. The molecule has 0 saturated carbocycles. The Bertz CT molecular complexity index is 588. The van der Waals surface area contributed by atoms with Gasteiger partial charge >= 0.3 is 0 Å². The van der Waals surface area contributed by atoms with Gasteiger partial charge in [0.1, 0.15) is 5.41 Å². The molecule has 25 heavy (non-hydrogen) atoms. The largest absolute Gasteiger partial charge is 0.493 e. The average molecular weight is 352 g/mol. The van der Waals surface area contributed by atoms with Gasteiger partial charge < -0.3 is 24.8 Å². The quantitative estimate of drug-likeness (QED) is 0.527. The maximum Gasteiger partial charge on any atom is 0.239 e. The molecule has 0 aliphatic carbocycles. The summed E-state index contributed by atoms with van der Waals surface area (Å²) in [6, 6.07) is 3.23. The maximum atomic E-state index is 12.6. The molecule has 1 rings (SSSR count). The van der Waals surface area contributed by atoms with Crippen molar-refractivity contribution in [2.75, 3.05) is 33.2 Å². The smallest absolute Gasteiger partial charge is 0.239 e. The molecule has 1 aromatic rings. The van der Waals surface area contributed by atoms with E-state index in [2.05, 4.69) is 10.6 Å². The lowest BCUT2D eigenvalue weighted by Gasteiger charge is -2.23. The van der Waals surface area contributed by atoms with Crippen molar-refractivity contribution >= 4 is 17.5 Å². The van der Waals surface area contributed by atoms with E-state index >= 15 is 0 Å². The molecule has 0 heterocycles. The standard InChI is InChI=1S/C18H28N2O5/c1-7-8-9-19-16(21)18(2,3)17(22)20-12-10-13(23-4)15(25-6)14(11-12)24-5/h10-11H,7-9H2,1-6H3,(H,19,21)(H,20,22). The van der Waals surface area contributed by atoms with Crippen molar-refractivity contribution < 1.29 is 23.8 Å². The van der Waals surface area contributed by atoms with Crippen molar-refractivity contribution in [2.24, 2.45) is 5.41 Å². The molecule has 0 spiro atoms. The van der Waals surface area contributed by atoms with Crippen LogP contribution < -0.4 is 24.8 Å². The van der Waals surface area contributed by atoms with Gasteiger partial charge in [0.05, 0.1) is 21.3 Å². The minimum atomic E-state index is -1.21. The summed E-state index contributed by atoms with van der Waals surface area (Å²) < 4.78 is 15.8. The number of unbranched alkanes of at least 4 members (excludes halogenated alkanes) is 1. The van der Waals surface area contributed by atoms with Gasteiger partial charge in [0, 0.05) is 24.4 Å². The van der Waals surface area contributed by atoms with Gasteiger partial charge in [-0.3, -0.25) is 9.59 Å². The summed E-state index contributed by atoms with van der Waals surface area (Å²) in [4.78, 5) is 24.9. The fourth-order valence-electron chi connectivity index (χ4n) is 2.14. The second kappa shape index (κ2) is 9.15. The zero-order chi connectivity index (χ0) is 19.0. The molecule has 7 nitrogen and oxygen atoms in total. The summed E-state index contributed by atoms with van der Waals surface area (Å²) in [5.41, 5.74) is -0.761. The van der Waals surface area contributed by atoms with E-state index in [1.165, 1.54) is 21.3 Å². The minimum absolute atomic E-state index is 0.314. The topological polar surface area (TPSA) is 85.9 Å². The van der Waals surface area contributed by atoms with Crippen LogP contribution in [0, 0.1) is 5.41 Å². The Morgan fingerprint density at radius 3 is 2.00 bits per heavy atom. The van der Waals surface area contributed by atoms with Gasteiger partial charge in [-0.25, -0.2) is 0 Å². The van der Waals surface area contributed by atoms with Crippen LogP contribution in [0.4, 0.5) is 5.69 Å². The summed E-state index contributed by atoms with van der Waals surface area (Å²) in [6.07, 6.45) is 1.84. The van der Waals surface area contributed by atoms with Crippen molar-refractivity contribution in [3.8, 4) is 17.2 Å². The molecule has 2 N–H and O–H groups in total. The first-order chi connectivity index (χ1) is 11.8. The number of amides is 2. The fourth-order valence-corrected chi connectivity index (χ4v) is 2.14. The Kier molecular flexibility index (Phi) is 7.54. The van der Waals surface area contributed by atoms with Crippen LogP contribution in [0.1, 0.15) is 33.6 Å². The first-order valence-electron chi connectivity index (χ1n) is 8.21. The molecule has 2 amide bonds. The number of hydrogen-bond acceptors (Lipinski definition) is 5. The zero-order valence-electron chi connectivity index (χ0n) is 15.8. The van der Waals surface area contributed by atoms with E-state index in [1.807, 2.05) is 6.92 Å². The van der Waals surface area contributed by atoms with Gasteiger partial charge in [0.25, 0.3) is 0 Å². The van der Waals surface area contributed by atoms with Gasteiger partial charge in [-0.2, -0.15) is 0 Å². The third-order valence-corrected chi connectivity index (χ3v) is 3.87. The first kappa shape index (κ1) is 20.6. The van der Waals surface area contributed by atoms with Crippen LogP contribution in [-0.2, 0) is 9.59 Å². The van der Waals surface area contributed by atoms with E-state index in [4.69, 9.17) is 14.2 Å². The summed E-state index contributed by atoms with van der Waals surface area (Å²) >= 11 is 0. The zero-order valence-corrected chi connectivity index (χ0v) is 15.8. The highest BCUT2D eigenvalue weighted by molar-refractivity contribution is 6.10. The number of benzene rings is 1. The molecule has 140 valence electrons. The predicted molar refractivity (Wildman–Crippen MR) is 96.4 cm³/mol. The number of hydrogen-bond donors (Lipinski definition) is 2. The van der Waals surface area contributed by atoms with Gasteiger partial charge in [-0.15, -0.1) is 0 Å². The average Bonchev–Trinajstić information content (AvgIpc) is 2.60. The van der Waals surface area contributed by atoms with Crippen molar-refractivity contribution in [1.29, 1.82) is 0 Å². The van der Waals surface area contributed by atoms with Crippen molar-refractivity contribution in [3.05, 3.63) is 12.1 Å². The van der Waals surface area contributed by atoms with Crippen LogP contribution in [0.5, 0.6) is 17.2 Å². The summed E-state index contributed by atoms with van der Waals surface area (Å²) in [5, 5.41) is 5.52. The molecular weight excluding hydrogens is 324 g/mol. The van der Waals surface area contributed by atoms with Gasteiger partial charge in [0.2, 0.25) is 17.6 Å². The monoisotopic (exact) mass is 352 g/mol. The highest BCUT2D eigenvalue weighted by Crippen LogP contribution is 2.40. The van der Waals surface area contributed by atoms with Gasteiger partial charge in [-0.1, -0.05) is 13.3 Å². The van der Waals surface area contributed by atoms with Crippen LogP contribution in [0.2, 0.25) is 0 Å². The van der Waals surface area contributed by atoms with E-state index in [0.717, 1.165) is 12.8 Å². The van der Waals surface area contributed by atoms with Crippen LogP contribution in [-0.4, -0.2) is 39.7 Å². The summed E-state index contributed by atoms with van der Waals surface area (Å²) in [5.74, 6) is 0.533. The van der Waals surface area contributed by atoms with E-state index in [9.17, 15) is 9.59 Å². The molecule has 0 unspecified atom stereocenters. The molecule has 0 radical (unpaired) electrons. The Morgan fingerprint density at radius 1 is 1.00 bits per heavy atom. The number of carbonyl (C=O) groups is 2. The Balaban J connectivity index is 2.96. The van der Waals surface area contributed by atoms with Crippen LogP contribution in [0.3, 0.4) is 0 Å². The maximum absolute atomic E-state index is 12.6. The first-order valence-corrected chi connectivity index (χ1v) is 8.21. The number of methoxy groups -OCH3 is 3. The molecule has 0 saturated heterocycles. The van der Waals surface area contributed by atoms with Crippen LogP contribution in [0.15, 0.2) is 12.1 Å². The van der Waals surface area contributed by atoms with Gasteiger partial charge in [0.15, 0.2) is 11.5 Å². The Morgan fingerprint density at radius 2 is 1.56 bits per heavy atom. The second-order valence-electron chi connectivity index (χ2n) is 6.10. The molecule has 0 aliphatic heterocycles. The summed E-state index contributed by atoms with van der Waals surface area (Å²) in [6.45, 7) is 5.76. The third-order valence-electron chi connectivity index (χ3n) is 3.87. The van der Waals surface area contributed by atoms with Crippen LogP contribution in [0.25, 0.3) is 0 Å². The van der Waals surface area contributed by atoms with Crippen molar-refractivity contribution in [3.63, 3.8) is 0 Å². The number of anilines is 1. The summed E-state index contributed by atoms with van der Waals surface area (Å²) in [7, 11) is 4.49. The molecule has 0 fully saturated rings. The van der Waals surface area contributed by atoms with Crippen molar-refractivity contribution in [2.45, 2.75) is 33.6 Å². The van der Waals surface area contributed by atoms with Gasteiger partial charge in [-0.05, 0) is 20.3 Å². The molecule has 0 aliphatic rings. The van der Waals surface area contributed by atoms with Crippen LogP contribution >= 0.6 is 0 Å². The van der Waals surface area contributed by atoms with E-state index < -0.39 is 11.3 Å². The molecular formula is C18H28N2O5. The Labute approximate surface area is 149 Å². The fraction of sp³-hybridized carbons (Fsp3) is 0.556.